The number of nitriles is 1. The molecule has 1 unspecified atom stereocenters. The molecule has 0 aliphatic carbocycles. The lowest BCUT2D eigenvalue weighted by Crippen LogP contribution is -2.28. The maximum Gasteiger partial charge on any atom is 0.324 e. The van der Waals surface area contributed by atoms with Gasteiger partial charge < -0.3 is 5.11 Å². The summed E-state index contributed by atoms with van der Waals surface area (Å²) in [5, 5.41) is 18.2. The van der Waals surface area contributed by atoms with Gasteiger partial charge in [-0.2, -0.15) is 5.26 Å². The third kappa shape index (κ3) is 2.48. The van der Waals surface area contributed by atoms with E-state index in [4.69, 9.17) is 22.0 Å². The summed E-state index contributed by atoms with van der Waals surface area (Å²) in [4.78, 5) is 10.9. The molecule has 0 saturated carbocycles. The van der Waals surface area contributed by atoms with E-state index in [2.05, 4.69) is 0 Å². The van der Waals surface area contributed by atoms with Crippen molar-refractivity contribution in [2.45, 2.75) is 13.3 Å². The van der Waals surface area contributed by atoms with Gasteiger partial charge in [0.1, 0.15) is 0 Å². The van der Waals surface area contributed by atoms with Crippen LogP contribution >= 0.6 is 11.6 Å². The molecule has 1 N–H and O–H groups in total. The Kier molecular flexibility index (Phi) is 3.33. The van der Waals surface area contributed by atoms with Crippen LogP contribution in [0.15, 0.2) is 24.3 Å². The van der Waals surface area contributed by atoms with Gasteiger partial charge in [0, 0.05) is 11.4 Å². The molecule has 0 spiro atoms. The van der Waals surface area contributed by atoms with Gasteiger partial charge in [0.05, 0.1) is 6.07 Å². The van der Waals surface area contributed by atoms with Crippen molar-refractivity contribution in [1.29, 1.82) is 5.26 Å². The minimum atomic E-state index is -1.43. The number of rotatable bonds is 3. The van der Waals surface area contributed by atoms with Crippen LogP contribution in [0.2, 0.25) is 5.02 Å². The van der Waals surface area contributed by atoms with Gasteiger partial charge in [0.15, 0.2) is 5.41 Å². The molecule has 0 fully saturated rings. The lowest BCUT2D eigenvalue weighted by Gasteiger charge is -2.16. The molecule has 0 aliphatic rings. The zero-order valence-electron chi connectivity index (χ0n) is 8.20. The van der Waals surface area contributed by atoms with Crippen LogP contribution in [0.4, 0.5) is 0 Å². The van der Waals surface area contributed by atoms with E-state index in [-0.39, 0.29) is 6.42 Å². The Bertz CT molecular complexity index is 425. The predicted molar refractivity (Wildman–Crippen MR) is 56.5 cm³/mol. The lowest BCUT2D eigenvalue weighted by atomic mass is 9.85. The van der Waals surface area contributed by atoms with Crippen LogP contribution in [0.3, 0.4) is 0 Å². The molecule has 1 rings (SSSR count). The van der Waals surface area contributed by atoms with E-state index in [1.165, 1.54) is 6.92 Å². The Morgan fingerprint density at radius 1 is 1.60 bits per heavy atom. The quantitative estimate of drug-likeness (QED) is 0.857. The number of benzene rings is 1. The number of carbonyl (C=O) groups is 1. The average Bonchev–Trinajstić information content (AvgIpc) is 2.21. The van der Waals surface area contributed by atoms with E-state index in [1.54, 1.807) is 30.3 Å². The van der Waals surface area contributed by atoms with Gasteiger partial charge in [0.2, 0.25) is 0 Å². The summed E-state index contributed by atoms with van der Waals surface area (Å²) in [5.74, 6) is -1.13. The standard InChI is InChI=1S/C11H10ClNO2/c1-11(7-13,10(14)15)6-8-4-2-3-5-9(8)12/h2-5H,6H2,1H3,(H,14,15). The monoisotopic (exact) mass is 223 g/mol. The highest BCUT2D eigenvalue weighted by Crippen LogP contribution is 2.26. The first-order valence-electron chi connectivity index (χ1n) is 4.37. The molecule has 15 heavy (non-hydrogen) atoms. The molecular formula is C11H10ClNO2. The van der Waals surface area contributed by atoms with Gasteiger partial charge in [-0.15, -0.1) is 0 Å². The Morgan fingerprint density at radius 2 is 2.20 bits per heavy atom. The summed E-state index contributed by atoms with van der Waals surface area (Å²) in [5.41, 5.74) is -0.754. The maximum atomic E-state index is 10.9. The molecule has 78 valence electrons. The van der Waals surface area contributed by atoms with Gasteiger partial charge in [-0.3, -0.25) is 4.79 Å². The highest BCUT2D eigenvalue weighted by atomic mass is 35.5. The first kappa shape index (κ1) is 11.5. The van der Waals surface area contributed by atoms with Crippen LogP contribution in [0.5, 0.6) is 0 Å². The molecule has 0 saturated heterocycles. The lowest BCUT2D eigenvalue weighted by molar-refractivity contribution is -0.144. The van der Waals surface area contributed by atoms with Crippen LogP contribution in [-0.4, -0.2) is 11.1 Å². The van der Waals surface area contributed by atoms with Crippen molar-refractivity contribution in [3.8, 4) is 6.07 Å². The summed E-state index contributed by atoms with van der Waals surface area (Å²) in [6.07, 6.45) is 0.110. The second-order valence-electron chi connectivity index (χ2n) is 3.52. The Labute approximate surface area is 92.9 Å². The fraction of sp³-hybridized carbons (Fsp3) is 0.273. The number of hydrogen-bond donors (Lipinski definition) is 1. The first-order chi connectivity index (χ1) is 6.99. The van der Waals surface area contributed by atoms with Crippen molar-refractivity contribution in [1.82, 2.24) is 0 Å². The first-order valence-corrected chi connectivity index (χ1v) is 4.75. The van der Waals surface area contributed by atoms with E-state index < -0.39 is 11.4 Å². The van der Waals surface area contributed by atoms with Crippen molar-refractivity contribution in [3.05, 3.63) is 34.9 Å². The highest BCUT2D eigenvalue weighted by Gasteiger charge is 2.33. The molecule has 0 bridgehead atoms. The number of aliphatic carboxylic acids is 1. The minimum absolute atomic E-state index is 0.110. The van der Waals surface area contributed by atoms with Crippen LogP contribution in [0.1, 0.15) is 12.5 Å². The van der Waals surface area contributed by atoms with Gasteiger partial charge in [0.25, 0.3) is 0 Å². The van der Waals surface area contributed by atoms with Crippen LogP contribution in [0.25, 0.3) is 0 Å². The molecule has 0 radical (unpaired) electrons. The van der Waals surface area contributed by atoms with E-state index in [0.29, 0.717) is 10.6 Å². The second-order valence-corrected chi connectivity index (χ2v) is 3.92. The third-order valence-corrected chi connectivity index (χ3v) is 2.59. The summed E-state index contributed by atoms with van der Waals surface area (Å²) in [7, 11) is 0. The van der Waals surface area contributed by atoms with Gasteiger partial charge in [-0.05, 0) is 18.6 Å². The summed E-state index contributed by atoms with van der Waals surface area (Å²) in [6, 6.07) is 8.72. The number of carboxylic acids is 1. The smallest absolute Gasteiger partial charge is 0.324 e. The van der Waals surface area contributed by atoms with Crippen LogP contribution < -0.4 is 0 Å². The topological polar surface area (TPSA) is 61.1 Å². The Morgan fingerprint density at radius 3 is 2.67 bits per heavy atom. The Hall–Kier alpha value is -1.53. The minimum Gasteiger partial charge on any atom is -0.480 e. The van der Waals surface area contributed by atoms with Crippen molar-refractivity contribution in [3.63, 3.8) is 0 Å². The van der Waals surface area contributed by atoms with Crippen LogP contribution in [-0.2, 0) is 11.2 Å². The molecule has 1 aromatic carbocycles. The third-order valence-electron chi connectivity index (χ3n) is 2.22. The summed E-state index contributed by atoms with van der Waals surface area (Å²) < 4.78 is 0. The molecule has 0 aliphatic heterocycles. The molecule has 1 atom stereocenters. The SMILES string of the molecule is CC(C#N)(Cc1ccccc1Cl)C(=O)O. The molecule has 1 aromatic rings. The molecule has 4 heteroatoms. The van der Waals surface area contributed by atoms with E-state index in [0.717, 1.165) is 0 Å². The fourth-order valence-corrected chi connectivity index (χ4v) is 1.39. The van der Waals surface area contributed by atoms with Gasteiger partial charge in [-0.1, -0.05) is 29.8 Å². The van der Waals surface area contributed by atoms with Crippen molar-refractivity contribution < 1.29 is 9.90 Å². The normalized spacial score (nSPS) is 13.9. The van der Waals surface area contributed by atoms with Crippen molar-refractivity contribution in [2.24, 2.45) is 5.41 Å². The van der Waals surface area contributed by atoms with E-state index in [9.17, 15) is 4.79 Å². The molecule has 0 amide bonds. The average molecular weight is 224 g/mol. The van der Waals surface area contributed by atoms with E-state index in [1.807, 2.05) is 0 Å². The van der Waals surface area contributed by atoms with Crippen molar-refractivity contribution in [2.75, 3.05) is 0 Å². The van der Waals surface area contributed by atoms with Gasteiger partial charge >= 0.3 is 5.97 Å². The summed E-state index contributed by atoms with van der Waals surface area (Å²) in [6.45, 7) is 1.39. The number of hydrogen-bond acceptors (Lipinski definition) is 2. The van der Waals surface area contributed by atoms with Crippen molar-refractivity contribution >= 4 is 17.6 Å². The number of halogens is 1. The molecule has 3 nitrogen and oxygen atoms in total. The van der Waals surface area contributed by atoms with E-state index >= 15 is 0 Å². The molecule has 0 heterocycles. The Balaban J connectivity index is 3.01. The zero-order valence-corrected chi connectivity index (χ0v) is 8.95. The van der Waals surface area contributed by atoms with Gasteiger partial charge in [-0.25, -0.2) is 0 Å². The maximum absolute atomic E-state index is 10.9. The largest absolute Gasteiger partial charge is 0.480 e. The number of carboxylic acid groups (broad SMARTS) is 1. The zero-order chi connectivity index (χ0) is 11.5. The second kappa shape index (κ2) is 4.33. The number of nitrogens with zero attached hydrogens (tertiary/aromatic N) is 1. The predicted octanol–water partition coefficient (Wildman–Crippen LogP) is 2.50. The fourth-order valence-electron chi connectivity index (χ4n) is 1.19. The summed E-state index contributed by atoms with van der Waals surface area (Å²) >= 11 is 5.89. The molecule has 0 aromatic heterocycles. The molecular weight excluding hydrogens is 214 g/mol. The van der Waals surface area contributed by atoms with Crippen LogP contribution in [0, 0.1) is 16.7 Å². The highest BCUT2D eigenvalue weighted by molar-refractivity contribution is 6.31.